The van der Waals surface area contributed by atoms with Gasteiger partial charge in [-0.3, -0.25) is 4.68 Å². The predicted octanol–water partition coefficient (Wildman–Crippen LogP) is 3.92. The van der Waals surface area contributed by atoms with E-state index in [0.717, 1.165) is 19.4 Å². The summed E-state index contributed by atoms with van der Waals surface area (Å²) >= 11 is 0. The smallest absolute Gasteiger partial charge is 0.0708 e. The summed E-state index contributed by atoms with van der Waals surface area (Å²) in [6, 6.07) is 8.50. The first kappa shape index (κ1) is 16.0. The van der Waals surface area contributed by atoms with Crippen LogP contribution in [0.25, 0.3) is 10.9 Å². The summed E-state index contributed by atoms with van der Waals surface area (Å²) in [5, 5.41) is 9.60. The van der Waals surface area contributed by atoms with Gasteiger partial charge in [0.25, 0.3) is 0 Å². The Morgan fingerprint density at radius 1 is 1.10 bits per heavy atom. The number of fused-ring (bicyclic) bond motifs is 1. The van der Waals surface area contributed by atoms with Crippen molar-refractivity contribution in [2.75, 3.05) is 6.54 Å². The number of nitrogens with zero attached hydrogens (tertiary/aromatic N) is 2. The molecule has 2 rings (SSSR count). The molecule has 0 aliphatic carbocycles. The third kappa shape index (κ3) is 4.31. The molecule has 116 valence electrons. The largest absolute Gasteiger partial charge is 0.312 e. The van der Waals surface area contributed by atoms with Crippen molar-refractivity contribution in [2.45, 2.75) is 53.0 Å². The van der Waals surface area contributed by atoms with E-state index in [9.17, 15) is 0 Å². The molecule has 0 atom stereocenters. The highest BCUT2D eigenvalue weighted by Crippen LogP contribution is 2.29. The van der Waals surface area contributed by atoms with Crippen LogP contribution in [0, 0.1) is 5.41 Å². The highest BCUT2D eigenvalue weighted by molar-refractivity contribution is 5.81. The third-order valence-corrected chi connectivity index (χ3v) is 3.94. The van der Waals surface area contributed by atoms with Gasteiger partial charge in [-0.25, -0.2) is 0 Å². The topological polar surface area (TPSA) is 29.9 Å². The first-order valence-corrected chi connectivity index (χ1v) is 7.84. The average molecular weight is 287 g/mol. The van der Waals surface area contributed by atoms with Crippen LogP contribution in [0.3, 0.4) is 0 Å². The van der Waals surface area contributed by atoms with Gasteiger partial charge in [-0.05, 0) is 51.6 Å². The lowest BCUT2D eigenvalue weighted by molar-refractivity contribution is 0.300. The number of rotatable bonds is 5. The Balaban J connectivity index is 2.08. The summed E-state index contributed by atoms with van der Waals surface area (Å²) in [6.07, 6.45) is 2.16. The summed E-state index contributed by atoms with van der Waals surface area (Å²) in [4.78, 5) is 0. The molecule has 0 saturated carbocycles. The molecule has 1 heterocycles. The zero-order valence-corrected chi connectivity index (χ0v) is 14.3. The summed E-state index contributed by atoms with van der Waals surface area (Å²) < 4.78 is 1.99. The van der Waals surface area contributed by atoms with Gasteiger partial charge >= 0.3 is 0 Å². The van der Waals surface area contributed by atoms with E-state index in [1.807, 2.05) is 11.7 Å². The second-order valence-electron chi connectivity index (χ2n) is 7.86. The fourth-order valence-corrected chi connectivity index (χ4v) is 2.74. The molecular formula is C18H29N3. The van der Waals surface area contributed by atoms with Crippen LogP contribution in [0.4, 0.5) is 0 Å². The minimum atomic E-state index is 0.188. The normalized spacial score (nSPS) is 13.0. The molecule has 2 aromatic rings. The van der Waals surface area contributed by atoms with Gasteiger partial charge in [0.1, 0.15) is 0 Å². The SMILES string of the molecule is Cn1nc(CC(C)(C)CCNC(C)(C)C)c2ccccc21. The van der Waals surface area contributed by atoms with Gasteiger partial charge in [-0.15, -0.1) is 0 Å². The molecular weight excluding hydrogens is 258 g/mol. The van der Waals surface area contributed by atoms with Crippen LogP contribution in [0.2, 0.25) is 0 Å². The van der Waals surface area contributed by atoms with Crippen molar-refractivity contribution in [1.82, 2.24) is 15.1 Å². The average Bonchev–Trinajstić information content (AvgIpc) is 2.64. The minimum absolute atomic E-state index is 0.188. The molecule has 0 saturated heterocycles. The van der Waals surface area contributed by atoms with Gasteiger partial charge in [0.05, 0.1) is 11.2 Å². The van der Waals surface area contributed by atoms with Crippen LogP contribution in [-0.2, 0) is 13.5 Å². The quantitative estimate of drug-likeness (QED) is 0.903. The van der Waals surface area contributed by atoms with E-state index >= 15 is 0 Å². The predicted molar refractivity (Wildman–Crippen MR) is 90.6 cm³/mol. The number of para-hydroxylation sites is 1. The molecule has 0 unspecified atom stereocenters. The van der Waals surface area contributed by atoms with Gasteiger partial charge in [0.2, 0.25) is 0 Å². The van der Waals surface area contributed by atoms with E-state index in [1.165, 1.54) is 16.6 Å². The Labute approximate surface area is 128 Å². The number of aromatic nitrogens is 2. The highest BCUT2D eigenvalue weighted by atomic mass is 15.3. The summed E-state index contributed by atoms with van der Waals surface area (Å²) in [5.74, 6) is 0. The van der Waals surface area contributed by atoms with Crippen molar-refractivity contribution in [2.24, 2.45) is 12.5 Å². The number of hydrogen-bond donors (Lipinski definition) is 1. The maximum absolute atomic E-state index is 4.73. The maximum Gasteiger partial charge on any atom is 0.0708 e. The van der Waals surface area contributed by atoms with E-state index in [4.69, 9.17) is 5.10 Å². The van der Waals surface area contributed by atoms with Crippen molar-refractivity contribution in [1.29, 1.82) is 0 Å². The molecule has 1 aromatic carbocycles. The monoisotopic (exact) mass is 287 g/mol. The second-order valence-corrected chi connectivity index (χ2v) is 7.86. The van der Waals surface area contributed by atoms with Crippen molar-refractivity contribution < 1.29 is 0 Å². The van der Waals surface area contributed by atoms with Crippen LogP contribution in [0.15, 0.2) is 24.3 Å². The molecule has 0 spiro atoms. The lowest BCUT2D eigenvalue weighted by Crippen LogP contribution is -2.38. The second kappa shape index (κ2) is 5.80. The molecule has 0 aliphatic heterocycles. The Hall–Kier alpha value is -1.35. The summed E-state index contributed by atoms with van der Waals surface area (Å²) in [6.45, 7) is 12.4. The third-order valence-electron chi connectivity index (χ3n) is 3.94. The molecule has 3 heteroatoms. The Morgan fingerprint density at radius 3 is 2.43 bits per heavy atom. The molecule has 1 aromatic heterocycles. The van der Waals surface area contributed by atoms with Gasteiger partial charge < -0.3 is 5.32 Å². The first-order valence-electron chi connectivity index (χ1n) is 7.84. The summed E-state index contributed by atoms with van der Waals surface area (Å²) in [5.41, 5.74) is 2.87. The van der Waals surface area contributed by atoms with Crippen LogP contribution < -0.4 is 5.32 Å². The van der Waals surface area contributed by atoms with Gasteiger partial charge in [0.15, 0.2) is 0 Å². The minimum Gasteiger partial charge on any atom is -0.312 e. The first-order chi connectivity index (χ1) is 9.68. The molecule has 0 bridgehead atoms. The van der Waals surface area contributed by atoms with Crippen LogP contribution in [0.1, 0.15) is 46.7 Å². The molecule has 21 heavy (non-hydrogen) atoms. The lowest BCUT2D eigenvalue weighted by Gasteiger charge is -2.27. The van der Waals surface area contributed by atoms with Gasteiger partial charge in [-0.1, -0.05) is 32.0 Å². The standard InChI is InChI=1S/C18H29N3/c1-17(2,3)19-12-11-18(4,5)13-15-14-9-7-8-10-16(14)21(6)20-15/h7-10,19H,11-13H2,1-6H3. The molecule has 0 amide bonds. The Morgan fingerprint density at radius 2 is 1.76 bits per heavy atom. The van der Waals surface area contributed by atoms with E-state index in [1.54, 1.807) is 0 Å². The molecule has 0 fully saturated rings. The van der Waals surface area contributed by atoms with E-state index in [-0.39, 0.29) is 11.0 Å². The van der Waals surface area contributed by atoms with E-state index in [2.05, 4.69) is 64.2 Å². The van der Waals surface area contributed by atoms with Crippen LogP contribution in [0.5, 0.6) is 0 Å². The molecule has 1 N–H and O–H groups in total. The zero-order chi connectivity index (χ0) is 15.7. The maximum atomic E-state index is 4.73. The number of aryl methyl sites for hydroxylation is 1. The van der Waals surface area contributed by atoms with Crippen molar-refractivity contribution in [3.63, 3.8) is 0 Å². The molecule has 3 nitrogen and oxygen atoms in total. The van der Waals surface area contributed by atoms with Crippen molar-refractivity contribution >= 4 is 10.9 Å². The number of nitrogens with one attached hydrogen (secondary N) is 1. The number of benzene rings is 1. The highest BCUT2D eigenvalue weighted by Gasteiger charge is 2.22. The number of hydrogen-bond acceptors (Lipinski definition) is 2. The summed E-state index contributed by atoms with van der Waals surface area (Å²) in [7, 11) is 2.03. The van der Waals surface area contributed by atoms with Crippen LogP contribution in [-0.4, -0.2) is 21.9 Å². The zero-order valence-electron chi connectivity index (χ0n) is 14.3. The Bertz CT molecular complexity index is 602. The molecule has 0 radical (unpaired) electrons. The fraction of sp³-hybridized carbons (Fsp3) is 0.611. The fourth-order valence-electron chi connectivity index (χ4n) is 2.74. The lowest BCUT2D eigenvalue weighted by atomic mass is 9.83. The van der Waals surface area contributed by atoms with Gasteiger partial charge in [-0.2, -0.15) is 5.10 Å². The van der Waals surface area contributed by atoms with E-state index in [0.29, 0.717) is 0 Å². The van der Waals surface area contributed by atoms with E-state index < -0.39 is 0 Å². The van der Waals surface area contributed by atoms with Crippen molar-refractivity contribution in [3.8, 4) is 0 Å². The van der Waals surface area contributed by atoms with Crippen LogP contribution >= 0.6 is 0 Å². The van der Waals surface area contributed by atoms with Gasteiger partial charge in [0, 0.05) is 18.0 Å². The molecule has 0 aliphatic rings. The van der Waals surface area contributed by atoms with Crippen molar-refractivity contribution in [3.05, 3.63) is 30.0 Å². The Kier molecular flexibility index (Phi) is 4.43.